The van der Waals surface area contributed by atoms with Gasteiger partial charge in [-0.25, -0.2) is 4.98 Å². The Labute approximate surface area is 438 Å². The zero-order valence-electron chi connectivity index (χ0n) is 40.2. The molecule has 1 aliphatic rings. The minimum absolute atomic E-state index is 0. The Morgan fingerprint density at radius 2 is 0.959 bits per heavy atom. The molecule has 0 unspecified atom stereocenters. The van der Waals surface area contributed by atoms with Crippen LogP contribution < -0.4 is 20.2 Å². The Morgan fingerprint density at radius 3 is 1.52 bits per heavy atom. The first-order chi connectivity index (χ1) is 35.4. The molecule has 0 radical (unpaired) electrons. The van der Waals surface area contributed by atoms with E-state index in [4.69, 9.17) is 4.98 Å². The number of fused-ring (bicyclic) bond motifs is 10. The number of benzene rings is 9. The van der Waals surface area contributed by atoms with Crippen molar-refractivity contribution < 1.29 is 21.1 Å². The standard InChI is InChI=1S/C64H44N7Si.Pt/c1-67-41-68(59-31-15-14-30-58(59)67)43-18-16-19-44(37-43)72(2,3)45-34-35-51-50-24-8-13-29-57(50)71(62(51)38-45)63-36-42(39-65)52(40-66-63)64-60(69-53-25-9-4-20-46(53)47-21-5-10-26-54(47)69)32-17-33-61(64)70-55-27-11-6-22-48(55)49-23-7-12-28-56(49)70;/h4-36,40-41H,1-3H3;/q-3;. The predicted octanol–water partition coefficient (Wildman–Crippen LogP) is 14.0. The van der Waals surface area contributed by atoms with Crippen LogP contribution >= 0.6 is 0 Å². The van der Waals surface area contributed by atoms with Crippen LogP contribution in [0.1, 0.15) is 5.56 Å². The zero-order chi connectivity index (χ0) is 48.2. The molecule has 73 heavy (non-hydrogen) atoms. The Hall–Kier alpha value is -8.47. The van der Waals surface area contributed by atoms with E-state index in [0.717, 1.165) is 110 Å². The van der Waals surface area contributed by atoms with Crippen LogP contribution in [0.2, 0.25) is 13.1 Å². The minimum Gasteiger partial charge on any atom is -0.504 e. The maximum atomic E-state index is 11.5. The number of nitrogens with zero attached hydrogens (tertiary/aromatic N) is 7. The molecule has 0 N–H and O–H groups in total. The summed E-state index contributed by atoms with van der Waals surface area (Å²) >= 11 is 0. The van der Waals surface area contributed by atoms with Gasteiger partial charge in [-0.05, 0) is 73.1 Å². The van der Waals surface area contributed by atoms with Crippen LogP contribution in [0.5, 0.6) is 0 Å². The van der Waals surface area contributed by atoms with E-state index in [1.165, 1.54) is 5.19 Å². The molecule has 0 spiro atoms. The SMILES string of the molecule is CN1[CH-]N(c2[c-]c([Si](C)(C)c3[c-]c4c(cc3)c3ccccc3n4-c3cc(C#N)c(-c4c(-n5c6ccccc6c6ccccc65)cccc4-n4c5ccccc5c5ccccc54)cn3)ccc2)c2ccccc21.[Pt]. The molecular formula is C64H44N7PtSi-3. The second-order valence-corrected chi connectivity index (χ2v) is 23.6. The number of anilines is 3. The Kier molecular flexibility index (Phi) is 10.4. The number of pyridine rings is 1. The second kappa shape index (κ2) is 17.1. The van der Waals surface area contributed by atoms with Crippen LogP contribution in [-0.2, 0) is 21.1 Å². The monoisotopic (exact) mass is 1130 g/mol. The molecule has 4 aromatic heterocycles. The fourth-order valence-corrected chi connectivity index (χ4v) is 13.6. The van der Waals surface area contributed by atoms with E-state index < -0.39 is 8.07 Å². The molecule has 0 amide bonds. The van der Waals surface area contributed by atoms with Crippen molar-refractivity contribution >= 4 is 101 Å². The molecule has 0 saturated carbocycles. The van der Waals surface area contributed by atoms with Crippen LogP contribution in [0, 0.1) is 30.1 Å². The van der Waals surface area contributed by atoms with Gasteiger partial charge in [0.05, 0.1) is 53.1 Å². The minimum atomic E-state index is -2.41. The van der Waals surface area contributed by atoms with Gasteiger partial charge >= 0.3 is 0 Å². The van der Waals surface area contributed by atoms with Crippen molar-refractivity contribution in [1.82, 2.24) is 18.7 Å². The fourth-order valence-electron chi connectivity index (χ4n) is 11.5. The molecule has 9 heteroatoms. The summed E-state index contributed by atoms with van der Waals surface area (Å²) in [5, 5.41) is 20.7. The molecule has 7 nitrogen and oxygen atoms in total. The summed E-state index contributed by atoms with van der Waals surface area (Å²) < 4.78 is 6.91. The molecule has 9 aromatic carbocycles. The third kappa shape index (κ3) is 6.69. The maximum absolute atomic E-state index is 11.5. The van der Waals surface area contributed by atoms with Crippen LogP contribution in [0.4, 0.5) is 17.1 Å². The second-order valence-electron chi connectivity index (χ2n) is 19.3. The van der Waals surface area contributed by atoms with Gasteiger partial charge in [-0.3, -0.25) is 0 Å². The molecular weight excluding hydrogens is 1090 g/mol. The molecule has 14 rings (SSSR count). The van der Waals surface area contributed by atoms with Gasteiger partial charge in [0.2, 0.25) is 0 Å². The van der Waals surface area contributed by atoms with Gasteiger partial charge in [-0.1, -0.05) is 128 Å². The molecule has 5 heterocycles. The quantitative estimate of drug-likeness (QED) is 0.118. The number of rotatable bonds is 7. The van der Waals surface area contributed by atoms with E-state index in [1.807, 2.05) is 12.3 Å². The van der Waals surface area contributed by atoms with Crippen LogP contribution in [-0.4, -0.2) is 33.8 Å². The molecule has 0 fully saturated rings. The van der Waals surface area contributed by atoms with E-state index in [-0.39, 0.29) is 21.1 Å². The summed E-state index contributed by atoms with van der Waals surface area (Å²) in [7, 11) is -0.322. The first-order valence-electron chi connectivity index (χ1n) is 24.3. The van der Waals surface area contributed by atoms with Crippen molar-refractivity contribution in [2.45, 2.75) is 13.1 Å². The van der Waals surface area contributed by atoms with Crippen LogP contribution in [0.3, 0.4) is 0 Å². The van der Waals surface area contributed by atoms with Crippen molar-refractivity contribution in [2.24, 2.45) is 0 Å². The van der Waals surface area contributed by atoms with E-state index in [0.29, 0.717) is 11.4 Å². The van der Waals surface area contributed by atoms with E-state index in [2.05, 4.69) is 263 Å². The Morgan fingerprint density at radius 1 is 0.493 bits per heavy atom. The number of hydrogen-bond acceptors (Lipinski definition) is 4. The Bertz CT molecular complexity index is 4180. The van der Waals surface area contributed by atoms with Gasteiger partial charge in [0.1, 0.15) is 5.82 Å². The molecule has 0 aliphatic carbocycles. The van der Waals surface area contributed by atoms with Crippen molar-refractivity contribution in [3.63, 3.8) is 0 Å². The van der Waals surface area contributed by atoms with Gasteiger partial charge < -0.3 is 23.5 Å². The van der Waals surface area contributed by atoms with Crippen LogP contribution in [0.25, 0.3) is 93.7 Å². The van der Waals surface area contributed by atoms with Gasteiger partial charge in [-0.2, -0.15) is 64.8 Å². The first kappa shape index (κ1) is 44.5. The Balaban J connectivity index is 0.00000516. The summed E-state index contributed by atoms with van der Waals surface area (Å²) in [6.45, 7) is 6.89. The van der Waals surface area contributed by atoms with Gasteiger partial charge in [0, 0.05) is 76.8 Å². The fraction of sp³-hybridized carbons (Fsp3) is 0.0469. The molecule has 13 aromatic rings. The topological polar surface area (TPSA) is 58.0 Å². The van der Waals surface area contributed by atoms with Crippen molar-refractivity contribution in [1.29, 1.82) is 5.26 Å². The third-order valence-electron chi connectivity index (χ3n) is 15.0. The summed E-state index contributed by atoms with van der Waals surface area (Å²) in [5.74, 6) is 0.656. The van der Waals surface area contributed by atoms with Gasteiger partial charge in [0.15, 0.2) is 0 Å². The molecule has 0 bridgehead atoms. The molecule has 352 valence electrons. The maximum Gasteiger partial charge on any atom is 0.136 e. The van der Waals surface area contributed by atoms with Crippen molar-refractivity contribution in [3.05, 3.63) is 231 Å². The summed E-state index contributed by atoms with van der Waals surface area (Å²) in [5.41, 5.74) is 13.7. The average molecular weight is 1130 g/mol. The first-order valence-corrected chi connectivity index (χ1v) is 27.3. The summed E-state index contributed by atoms with van der Waals surface area (Å²) in [4.78, 5) is 9.78. The smallest absolute Gasteiger partial charge is 0.136 e. The summed E-state index contributed by atoms with van der Waals surface area (Å²) in [6.07, 6.45) is 1.92. The van der Waals surface area contributed by atoms with Crippen LogP contribution in [0.15, 0.2) is 206 Å². The predicted molar refractivity (Wildman–Crippen MR) is 300 cm³/mol. The van der Waals surface area contributed by atoms with E-state index in [9.17, 15) is 5.26 Å². The molecule has 0 atom stereocenters. The number of hydrogen-bond donors (Lipinski definition) is 0. The molecule has 0 saturated heterocycles. The van der Waals surface area contributed by atoms with E-state index in [1.54, 1.807) is 0 Å². The normalized spacial score (nSPS) is 12.6. The molecule has 1 aliphatic heterocycles. The van der Waals surface area contributed by atoms with Gasteiger partial charge in [-0.15, -0.1) is 11.1 Å². The zero-order valence-corrected chi connectivity index (χ0v) is 43.4. The summed E-state index contributed by atoms with van der Waals surface area (Å²) in [6, 6.07) is 81.3. The number of nitriles is 1. The van der Waals surface area contributed by atoms with Gasteiger partial charge in [0.25, 0.3) is 0 Å². The van der Waals surface area contributed by atoms with E-state index >= 15 is 0 Å². The third-order valence-corrected chi connectivity index (χ3v) is 18.2. The number of para-hydroxylation sites is 7. The van der Waals surface area contributed by atoms with Crippen molar-refractivity contribution in [2.75, 3.05) is 16.8 Å². The largest absolute Gasteiger partial charge is 0.504 e. The van der Waals surface area contributed by atoms with Crippen molar-refractivity contribution in [3.8, 4) is 34.4 Å². The number of aromatic nitrogens is 4. The average Bonchev–Trinajstić information content (AvgIpc) is 4.16.